The van der Waals surface area contributed by atoms with Gasteiger partial charge in [-0.1, -0.05) is 12.2 Å². The quantitative estimate of drug-likeness (QED) is 0.267. The molecule has 0 spiro atoms. The van der Waals surface area contributed by atoms with Crippen molar-refractivity contribution in [3.8, 4) is 0 Å². The van der Waals surface area contributed by atoms with Crippen molar-refractivity contribution in [3.63, 3.8) is 0 Å². The van der Waals surface area contributed by atoms with E-state index in [4.69, 9.17) is 20.3 Å². The smallest absolute Gasteiger partial charge is 0.382 e. The molecule has 1 aliphatic rings. The number of carbonyl (C=O) groups is 1. The van der Waals surface area contributed by atoms with Gasteiger partial charge in [-0.15, -0.1) is 0 Å². The molecule has 0 saturated carbocycles. The monoisotopic (exact) mass is 410 g/mol. The van der Waals surface area contributed by atoms with Crippen LogP contribution < -0.4 is 22.1 Å². The molecule has 0 amide bonds. The molecule has 1 aliphatic carbocycles. The number of nitrogen functional groups attached to an aromatic ring is 1. The van der Waals surface area contributed by atoms with Gasteiger partial charge in [0.25, 0.3) is 0 Å². The maximum atomic E-state index is 12.2. The Balaban J connectivity index is 1.56. The molecule has 0 saturated heterocycles. The minimum atomic E-state index is -4.01. The second kappa shape index (κ2) is 8.33. The van der Waals surface area contributed by atoms with E-state index in [0.717, 1.165) is 0 Å². The maximum Gasteiger partial charge on any atom is 0.458 e. The number of allylic oxidation sites excluding steroid dienone is 1. The average Bonchev–Trinajstić information content (AvgIpc) is 3.27. The average molecular weight is 410 g/mol. The van der Waals surface area contributed by atoms with E-state index in [-0.39, 0.29) is 18.6 Å². The number of hydrogen-bond donors (Lipinski definition) is 4. The predicted molar refractivity (Wildman–Crippen MR) is 102 cm³/mol. The molecule has 1 unspecified atom stereocenters. The molecule has 28 heavy (non-hydrogen) atoms. The minimum absolute atomic E-state index is 0.0209. The van der Waals surface area contributed by atoms with Crippen LogP contribution in [0.3, 0.4) is 0 Å². The van der Waals surface area contributed by atoms with Gasteiger partial charge in [-0.3, -0.25) is 9.95 Å². The van der Waals surface area contributed by atoms with E-state index in [1.165, 1.54) is 13.3 Å². The van der Waals surface area contributed by atoms with Gasteiger partial charge >= 0.3 is 13.7 Å². The molecule has 2 aromatic rings. The van der Waals surface area contributed by atoms with Crippen molar-refractivity contribution in [2.75, 3.05) is 19.4 Å². The van der Waals surface area contributed by atoms with Crippen LogP contribution in [0.15, 0.2) is 24.8 Å². The van der Waals surface area contributed by atoms with Crippen LogP contribution >= 0.6 is 7.75 Å². The lowest BCUT2D eigenvalue weighted by molar-refractivity contribution is -0.137. The van der Waals surface area contributed by atoms with Gasteiger partial charge in [0.2, 0.25) is 0 Å². The van der Waals surface area contributed by atoms with Crippen molar-refractivity contribution in [3.05, 3.63) is 24.8 Å². The second-order valence-corrected chi connectivity index (χ2v) is 7.91. The Morgan fingerprint density at radius 2 is 2.21 bits per heavy atom. The summed E-state index contributed by atoms with van der Waals surface area (Å²) in [5, 5.41) is 0. The van der Waals surface area contributed by atoms with Gasteiger partial charge in [0.1, 0.15) is 17.9 Å². The second-order valence-electron chi connectivity index (χ2n) is 6.39. The van der Waals surface area contributed by atoms with Crippen LogP contribution in [0, 0.1) is 5.92 Å². The predicted octanol–water partition coefficient (Wildman–Crippen LogP) is 0.265. The summed E-state index contributed by atoms with van der Waals surface area (Å²) in [6.07, 6.45) is 7.59. The van der Waals surface area contributed by atoms with E-state index in [1.54, 1.807) is 13.4 Å². The lowest BCUT2D eigenvalue weighted by Gasteiger charge is -2.19. The van der Waals surface area contributed by atoms with Crippen LogP contribution in [-0.4, -0.2) is 45.2 Å². The number of hydrogen-bond acceptors (Lipinski definition) is 10. The molecule has 6 N–H and O–H groups in total. The van der Waals surface area contributed by atoms with E-state index in [0.29, 0.717) is 23.4 Å². The first-order valence-corrected chi connectivity index (χ1v) is 10.2. The SMILES string of the molecule is CNN[C@@H](C)C(=O)OP(N)(=O)OC[C@H]1C=C[C@@H](n2cnc3c(N)ncnc32)C1. The highest BCUT2D eigenvalue weighted by atomic mass is 31.2. The fourth-order valence-electron chi connectivity index (χ4n) is 2.90. The number of anilines is 1. The Kier molecular flexibility index (Phi) is 6.06. The summed E-state index contributed by atoms with van der Waals surface area (Å²) in [6, 6.07) is -0.752. The Morgan fingerprint density at radius 1 is 1.43 bits per heavy atom. The Hall–Kier alpha value is -2.37. The third-order valence-corrected chi connectivity index (χ3v) is 5.24. The molecule has 0 aromatic carbocycles. The maximum absolute atomic E-state index is 12.2. The fourth-order valence-corrected chi connectivity index (χ4v) is 3.76. The van der Waals surface area contributed by atoms with Crippen LogP contribution in [-0.2, 0) is 18.4 Å². The molecule has 152 valence electrons. The first-order chi connectivity index (χ1) is 13.3. The number of hydrazine groups is 1. The molecule has 0 bridgehead atoms. The number of fused-ring (bicyclic) bond motifs is 1. The number of rotatable bonds is 8. The van der Waals surface area contributed by atoms with Gasteiger partial charge in [-0.05, 0) is 20.4 Å². The number of aromatic nitrogens is 4. The van der Waals surface area contributed by atoms with Gasteiger partial charge in [-0.2, -0.15) is 0 Å². The topological polar surface area (TPSA) is 172 Å². The third kappa shape index (κ3) is 4.54. The lowest BCUT2D eigenvalue weighted by atomic mass is 10.1. The first kappa shape index (κ1) is 20.4. The van der Waals surface area contributed by atoms with Gasteiger partial charge in [0.15, 0.2) is 11.5 Å². The zero-order chi connectivity index (χ0) is 20.3. The van der Waals surface area contributed by atoms with Crippen LogP contribution in [0.5, 0.6) is 0 Å². The molecule has 2 heterocycles. The van der Waals surface area contributed by atoms with Gasteiger partial charge in [-0.25, -0.2) is 35.2 Å². The molecule has 0 radical (unpaired) electrons. The largest absolute Gasteiger partial charge is 0.458 e. The summed E-state index contributed by atoms with van der Waals surface area (Å²) >= 11 is 0. The zero-order valence-electron chi connectivity index (χ0n) is 15.5. The van der Waals surface area contributed by atoms with Crippen LogP contribution in [0.1, 0.15) is 19.4 Å². The molecule has 12 nitrogen and oxygen atoms in total. The summed E-state index contributed by atoms with van der Waals surface area (Å²) in [4.78, 5) is 24.2. The van der Waals surface area contributed by atoms with Gasteiger partial charge in [0.05, 0.1) is 19.0 Å². The first-order valence-electron chi connectivity index (χ1n) is 8.61. The van der Waals surface area contributed by atoms with Crippen molar-refractivity contribution in [1.82, 2.24) is 30.4 Å². The van der Waals surface area contributed by atoms with Crippen molar-refractivity contribution in [2.45, 2.75) is 25.4 Å². The summed E-state index contributed by atoms with van der Waals surface area (Å²) in [6.45, 7) is 1.58. The molecule has 0 fully saturated rings. The van der Waals surface area contributed by atoms with E-state index in [1.807, 2.05) is 16.7 Å². The molecular weight excluding hydrogens is 387 g/mol. The molecule has 0 aliphatic heterocycles. The summed E-state index contributed by atoms with van der Waals surface area (Å²) < 4.78 is 24.1. The Labute approximate surface area is 161 Å². The van der Waals surface area contributed by atoms with Crippen LogP contribution in [0.2, 0.25) is 0 Å². The van der Waals surface area contributed by atoms with E-state index in [2.05, 4.69) is 25.8 Å². The van der Waals surface area contributed by atoms with E-state index >= 15 is 0 Å². The van der Waals surface area contributed by atoms with Crippen LogP contribution in [0.4, 0.5) is 5.82 Å². The molecule has 4 atom stereocenters. The number of imidazole rings is 1. The summed E-state index contributed by atoms with van der Waals surface area (Å²) in [5.74, 6) is -0.522. The number of nitrogens with zero attached hydrogens (tertiary/aromatic N) is 4. The van der Waals surface area contributed by atoms with E-state index in [9.17, 15) is 9.36 Å². The minimum Gasteiger partial charge on any atom is -0.382 e. The summed E-state index contributed by atoms with van der Waals surface area (Å²) in [7, 11) is -2.42. The van der Waals surface area contributed by atoms with Crippen molar-refractivity contribution in [2.24, 2.45) is 11.4 Å². The van der Waals surface area contributed by atoms with Gasteiger partial charge < -0.3 is 14.8 Å². The normalized spacial score (nSPS) is 22.2. The number of nitrogens with one attached hydrogen (secondary N) is 2. The van der Waals surface area contributed by atoms with Crippen molar-refractivity contribution in [1.29, 1.82) is 0 Å². The fraction of sp³-hybridized carbons (Fsp3) is 0.467. The van der Waals surface area contributed by atoms with Crippen molar-refractivity contribution < 1.29 is 18.4 Å². The molecular formula is C15H23N8O4P. The van der Waals surface area contributed by atoms with E-state index < -0.39 is 19.8 Å². The Bertz CT molecular complexity index is 932. The highest BCUT2D eigenvalue weighted by Crippen LogP contribution is 2.41. The lowest BCUT2D eigenvalue weighted by Crippen LogP contribution is -2.42. The highest BCUT2D eigenvalue weighted by molar-refractivity contribution is 7.51. The van der Waals surface area contributed by atoms with Gasteiger partial charge in [0, 0.05) is 5.92 Å². The molecule has 3 rings (SSSR count). The summed E-state index contributed by atoms with van der Waals surface area (Å²) in [5.41, 5.74) is 17.7. The standard InChI is InChI=1S/C15H23N8O4P/c1-9(22-18-2)15(24)27-28(17,25)26-6-10-3-4-11(5-10)23-8-21-12-13(16)19-7-20-14(12)23/h3-4,7-11,18,22H,5-6H2,1-2H3,(H2,17,25)(H2,16,19,20)/t9-,10-,11+,28?/m0/s1. The molecule has 2 aromatic heterocycles. The zero-order valence-corrected chi connectivity index (χ0v) is 16.4. The van der Waals surface area contributed by atoms with Crippen LogP contribution in [0.25, 0.3) is 11.2 Å². The molecule has 13 heteroatoms. The number of nitrogens with two attached hydrogens (primary N) is 2. The third-order valence-electron chi connectivity index (χ3n) is 4.29. The number of carbonyl (C=O) groups excluding carboxylic acids is 1. The van der Waals surface area contributed by atoms with Crippen molar-refractivity contribution >= 4 is 30.7 Å². The Morgan fingerprint density at radius 3 is 2.96 bits per heavy atom. The highest BCUT2D eigenvalue weighted by Gasteiger charge is 2.30.